The summed E-state index contributed by atoms with van der Waals surface area (Å²) in [5.74, 6) is -1.41. The molecule has 1 unspecified atom stereocenters. The number of carbonyl (C=O) groups excluding carboxylic acids is 2. The Balaban J connectivity index is 1.38. The van der Waals surface area contributed by atoms with E-state index in [1.165, 1.54) is 7.11 Å². The van der Waals surface area contributed by atoms with E-state index >= 15 is 0 Å². The molecule has 4 rings (SSSR count). The number of alkyl carbamates (subject to hydrolysis) is 1. The Labute approximate surface area is 205 Å². The fourth-order valence-corrected chi connectivity index (χ4v) is 5.30. The van der Waals surface area contributed by atoms with Crippen LogP contribution < -0.4 is 10.6 Å². The summed E-state index contributed by atoms with van der Waals surface area (Å²) in [7, 11) is 1.44. The summed E-state index contributed by atoms with van der Waals surface area (Å²) in [5.41, 5.74) is 4.46. The van der Waals surface area contributed by atoms with E-state index in [1.807, 2.05) is 36.4 Å². The predicted molar refractivity (Wildman–Crippen MR) is 130 cm³/mol. The highest BCUT2D eigenvalue weighted by Gasteiger charge is 2.32. The van der Waals surface area contributed by atoms with Gasteiger partial charge in [-0.15, -0.1) is 0 Å². The van der Waals surface area contributed by atoms with Crippen LogP contribution in [-0.2, 0) is 19.1 Å². The van der Waals surface area contributed by atoms with Crippen molar-refractivity contribution in [1.82, 2.24) is 10.6 Å². The molecule has 8 nitrogen and oxygen atoms in total. The van der Waals surface area contributed by atoms with Crippen LogP contribution in [0.15, 0.2) is 48.5 Å². The largest absolute Gasteiger partial charge is 0.481 e. The maximum Gasteiger partial charge on any atom is 0.407 e. The fraction of sp³-hybridized carbons (Fsp3) is 0.444. The van der Waals surface area contributed by atoms with Gasteiger partial charge in [0, 0.05) is 19.1 Å². The van der Waals surface area contributed by atoms with E-state index in [9.17, 15) is 19.5 Å². The minimum Gasteiger partial charge on any atom is -0.481 e. The second kappa shape index (κ2) is 11.4. The van der Waals surface area contributed by atoms with E-state index in [0.717, 1.165) is 47.9 Å². The number of ether oxygens (including phenoxy) is 2. The monoisotopic (exact) mass is 480 g/mol. The number of aliphatic carboxylic acids is 1. The number of nitrogens with one attached hydrogen (secondary N) is 2. The normalized spacial score (nSPS) is 16.7. The summed E-state index contributed by atoms with van der Waals surface area (Å²) in [6.45, 7) is 0.0748. The van der Waals surface area contributed by atoms with Gasteiger partial charge in [0.1, 0.15) is 12.6 Å². The maximum atomic E-state index is 13.0. The Morgan fingerprint density at radius 2 is 1.57 bits per heavy atom. The zero-order valence-corrected chi connectivity index (χ0v) is 19.9. The molecule has 2 aliphatic carbocycles. The molecule has 0 radical (unpaired) electrons. The standard InChI is InChI=1S/C27H32N2O6/c1-34-16-24(26(32)28-23(14-25(30)31)17-8-2-3-9-17)29-27(33)35-15-22-20-12-6-4-10-18(20)19-11-5-7-13-21(19)22/h4-7,10-13,17,22-24H,2-3,8-9,14-16H2,1H3,(H,28,32)(H,29,33)(H,30,31)/t23?,24-/m0/s1. The van der Waals surface area contributed by atoms with Gasteiger partial charge in [0.25, 0.3) is 0 Å². The minimum absolute atomic E-state index is 0.0551. The van der Waals surface area contributed by atoms with Crippen molar-refractivity contribution in [3.05, 3.63) is 59.7 Å². The van der Waals surface area contributed by atoms with E-state index in [2.05, 4.69) is 22.8 Å². The molecule has 2 aromatic carbocycles. The van der Waals surface area contributed by atoms with Crippen molar-refractivity contribution in [2.24, 2.45) is 5.92 Å². The van der Waals surface area contributed by atoms with E-state index in [0.29, 0.717) is 0 Å². The number of carboxylic acid groups (broad SMARTS) is 1. The highest BCUT2D eigenvalue weighted by atomic mass is 16.5. The lowest BCUT2D eigenvalue weighted by Crippen LogP contribution is -2.53. The van der Waals surface area contributed by atoms with Gasteiger partial charge in [-0.25, -0.2) is 4.79 Å². The lowest BCUT2D eigenvalue weighted by atomic mass is 9.95. The van der Waals surface area contributed by atoms with E-state index in [-0.39, 0.29) is 31.5 Å². The zero-order valence-electron chi connectivity index (χ0n) is 19.9. The summed E-state index contributed by atoms with van der Waals surface area (Å²) >= 11 is 0. The van der Waals surface area contributed by atoms with E-state index in [4.69, 9.17) is 9.47 Å². The average Bonchev–Trinajstić information content (AvgIpc) is 3.49. The number of carbonyl (C=O) groups is 3. The van der Waals surface area contributed by atoms with Gasteiger partial charge in [-0.1, -0.05) is 61.4 Å². The highest BCUT2D eigenvalue weighted by Crippen LogP contribution is 2.44. The molecule has 1 fully saturated rings. The van der Waals surface area contributed by atoms with Gasteiger partial charge in [-0.05, 0) is 41.0 Å². The zero-order chi connectivity index (χ0) is 24.8. The molecule has 0 aromatic heterocycles. The Bertz CT molecular complexity index is 1020. The number of carboxylic acids is 1. The fourth-order valence-electron chi connectivity index (χ4n) is 5.30. The number of methoxy groups -OCH3 is 1. The third kappa shape index (κ3) is 5.82. The van der Waals surface area contributed by atoms with E-state index < -0.39 is 30.1 Å². The third-order valence-corrected chi connectivity index (χ3v) is 6.98. The molecule has 2 aliphatic rings. The van der Waals surface area contributed by atoms with Crippen LogP contribution in [0.25, 0.3) is 11.1 Å². The van der Waals surface area contributed by atoms with Crippen LogP contribution in [0.5, 0.6) is 0 Å². The van der Waals surface area contributed by atoms with Gasteiger partial charge in [-0.2, -0.15) is 0 Å². The summed E-state index contributed by atoms with van der Waals surface area (Å²) in [6.07, 6.45) is 2.94. The SMILES string of the molecule is COC[C@H](NC(=O)OCC1c2ccccc2-c2ccccc21)C(=O)NC(CC(=O)O)C1CCCC1. The first-order valence-corrected chi connectivity index (χ1v) is 12.1. The van der Waals surface area contributed by atoms with Crippen LogP contribution >= 0.6 is 0 Å². The number of amides is 2. The molecule has 0 bridgehead atoms. The molecule has 0 spiro atoms. The van der Waals surface area contributed by atoms with Crippen LogP contribution in [0.3, 0.4) is 0 Å². The molecular weight excluding hydrogens is 448 g/mol. The van der Waals surface area contributed by atoms with Crippen LogP contribution in [-0.4, -0.2) is 55.5 Å². The first-order valence-electron chi connectivity index (χ1n) is 12.1. The van der Waals surface area contributed by atoms with Gasteiger partial charge in [-0.3, -0.25) is 9.59 Å². The lowest BCUT2D eigenvalue weighted by molar-refractivity contribution is -0.138. The second-order valence-corrected chi connectivity index (χ2v) is 9.24. The molecule has 8 heteroatoms. The quantitative estimate of drug-likeness (QED) is 0.478. The Kier molecular flexibility index (Phi) is 8.02. The summed E-state index contributed by atoms with van der Waals surface area (Å²) < 4.78 is 10.7. The van der Waals surface area contributed by atoms with Crippen molar-refractivity contribution in [1.29, 1.82) is 0 Å². The summed E-state index contributed by atoms with van der Waals surface area (Å²) in [6, 6.07) is 14.6. The molecule has 0 aliphatic heterocycles. The van der Waals surface area contributed by atoms with Crippen molar-refractivity contribution in [3.63, 3.8) is 0 Å². The molecule has 2 atom stereocenters. The minimum atomic E-state index is -0.992. The molecule has 0 heterocycles. The maximum absolute atomic E-state index is 13.0. The van der Waals surface area contributed by atoms with Gasteiger partial charge in [0.05, 0.1) is 13.0 Å². The topological polar surface area (TPSA) is 114 Å². The molecule has 2 amide bonds. The second-order valence-electron chi connectivity index (χ2n) is 9.24. The van der Waals surface area contributed by atoms with Crippen LogP contribution in [0, 0.1) is 5.92 Å². The molecule has 2 aromatic rings. The Hall–Kier alpha value is -3.39. The van der Waals surface area contributed by atoms with Gasteiger partial charge < -0.3 is 25.2 Å². The van der Waals surface area contributed by atoms with Crippen LogP contribution in [0.2, 0.25) is 0 Å². The van der Waals surface area contributed by atoms with Crippen LogP contribution in [0.1, 0.15) is 49.1 Å². The molecule has 1 saturated carbocycles. The van der Waals surface area contributed by atoms with E-state index in [1.54, 1.807) is 0 Å². The molecule has 3 N–H and O–H groups in total. The molecule has 35 heavy (non-hydrogen) atoms. The van der Waals surface area contributed by atoms with Crippen molar-refractivity contribution in [2.75, 3.05) is 20.3 Å². The van der Waals surface area contributed by atoms with Crippen molar-refractivity contribution >= 4 is 18.0 Å². The smallest absolute Gasteiger partial charge is 0.407 e. The average molecular weight is 481 g/mol. The Morgan fingerprint density at radius 1 is 0.971 bits per heavy atom. The Morgan fingerprint density at radius 3 is 2.14 bits per heavy atom. The predicted octanol–water partition coefficient (Wildman–Crippen LogP) is 3.69. The first kappa shape index (κ1) is 24.7. The first-order chi connectivity index (χ1) is 17.0. The lowest BCUT2D eigenvalue weighted by Gasteiger charge is -2.26. The third-order valence-electron chi connectivity index (χ3n) is 6.98. The van der Waals surface area contributed by atoms with Gasteiger partial charge in [0.2, 0.25) is 5.91 Å². The van der Waals surface area contributed by atoms with Crippen LogP contribution in [0.4, 0.5) is 4.79 Å². The molecule has 0 saturated heterocycles. The van der Waals surface area contributed by atoms with Crippen molar-refractivity contribution < 1.29 is 29.0 Å². The van der Waals surface area contributed by atoms with Gasteiger partial charge >= 0.3 is 12.1 Å². The number of rotatable bonds is 10. The van der Waals surface area contributed by atoms with Crippen molar-refractivity contribution in [2.45, 2.75) is 50.1 Å². The van der Waals surface area contributed by atoms with Gasteiger partial charge in [0.15, 0.2) is 0 Å². The highest BCUT2D eigenvalue weighted by molar-refractivity contribution is 5.86. The molecular formula is C27H32N2O6. The number of hydrogen-bond donors (Lipinski definition) is 3. The number of benzene rings is 2. The number of fused-ring (bicyclic) bond motifs is 3. The number of hydrogen-bond acceptors (Lipinski definition) is 5. The summed E-state index contributed by atoms with van der Waals surface area (Å²) in [5, 5.41) is 14.7. The van der Waals surface area contributed by atoms with Crippen molar-refractivity contribution in [3.8, 4) is 11.1 Å². The summed E-state index contributed by atoms with van der Waals surface area (Å²) in [4.78, 5) is 37.0. The molecule has 186 valence electrons.